The molecule has 0 saturated carbocycles. The number of hydrogen-bond acceptors (Lipinski definition) is 5. The molecule has 7 heteroatoms. The predicted octanol–water partition coefficient (Wildman–Crippen LogP) is 0.247. The topological polar surface area (TPSA) is 84.5 Å². The lowest BCUT2D eigenvalue weighted by Crippen LogP contribution is -2.39. The molecule has 0 bridgehead atoms. The quantitative estimate of drug-likeness (QED) is 0.442. The van der Waals surface area contributed by atoms with Crippen molar-refractivity contribution in [2.24, 2.45) is 0 Å². The Balaban J connectivity index is 3.85. The Bertz CT molecular complexity index is 330. The highest BCUT2D eigenvalue weighted by Crippen LogP contribution is 2.02. The van der Waals surface area contributed by atoms with Gasteiger partial charge in [0.25, 0.3) is 0 Å². The third-order valence-electron chi connectivity index (χ3n) is 2.44. The minimum atomic E-state index is -3.13. The summed E-state index contributed by atoms with van der Waals surface area (Å²) in [6.45, 7) is 3.00. The van der Waals surface area contributed by atoms with Gasteiger partial charge < -0.3 is 10.1 Å². The molecule has 0 aliphatic heterocycles. The summed E-state index contributed by atoms with van der Waals surface area (Å²) in [5.74, 6) is -0.264. The summed E-state index contributed by atoms with van der Waals surface area (Å²) in [5.41, 5.74) is 0. The van der Waals surface area contributed by atoms with E-state index in [9.17, 15) is 13.2 Å². The summed E-state index contributed by atoms with van der Waals surface area (Å²) in [4.78, 5) is 11.4. The van der Waals surface area contributed by atoms with Gasteiger partial charge in [0.05, 0.1) is 13.4 Å². The van der Waals surface area contributed by atoms with E-state index >= 15 is 0 Å². The molecule has 0 rings (SSSR count). The van der Waals surface area contributed by atoms with Crippen LogP contribution in [0.5, 0.6) is 0 Å². The predicted molar refractivity (Wildman–Crippen MR) is 70.8 cm³/mol. The van der Waals surface area contributed by atoms with Crippen LogP contribution >= 0.6 is 0 Å². The number of ether oxygens (including phenoxy) is 1. The number of nitrogens with one attached hydrogen (secondary N) is 2. The number of unbranched alkanes of at least 4 members (excludes halogenated alkanes) is 1. The summed E-state index contributed by atoms with van der Waals surface area (Å²) in [6.07, 6.45) is 4.47. The molecule has 0 aliphatic carbocycles. The van der Waals surface area contributed by atoms with E-state index < -0.39 is 10.0 Å². The van der Waals surface area contributed by atoms with Gasteiger partial charge in [0.2, 0.25) is 10.0 Å². The first-order valence-electron chi connectivity index (χ1n) is 6.16. The van der Waals surface area contributed by atoms with Crippen LogP contribution in [-0.2, 0) is 19.6 Å². The van der Waals surface area contributed by atoms with E-state index in [1.54, 1.807) is 0 Å². The molecule has 6 nitrogen and oxygen atoms in total. The van der Waals surface area contributed by atoms with Gasteiger partial charge >= 0.3 is 5.97 Å². The number of hydrogen-bond donors (Lipinski definition) is 2. The number of esters is 1. The Kier molecular flexibility index (Phi) is 8.95. The molecule has 0 aromatic heterocycles. The first-order chi connectivity index (χ1) is 8.40. The Morgan fingerprint density at radius 1 is 1.28 bits per heavy atom. The Labute approximate surface area is 110 Å². The van der Waals surface area contributed by atoms with Crippen LogP contribution in [0.3, 0.4) is 0 Å². The largest absolute Gasteiger partial charge is 0.468 e. The van der Waals surface area contributed by atoms with Gasteiger partial charge in [0, 0.05) is 6.54 Å². The number of methoxy groups -OCH3 is 1. The number of rotatable bonds is 10. The van der Waals surface area contributed by atoms with Crippen LogP contribution < -0.4 is 10.0 Å². The van der Waals surface area contributed by atoms with Gasteiger partial charge in [-0.1, -0.05) is 19.8 Å². The molecule has 0 heterocycles. The van der Waals surface area contributed by atoms with Crippen LogP contribution in [0.1, 0.15) is 32.6 Å². The summed E-state index contributed by atoms with van der Waals surface area (Å²) in [7, 11) is -1.76. The Morgan fingerprint density at radius 3 is 2.44 bits per heavy atom. The van der Waals surface area contributed by atoms with Crippen LogP contribution in [0.25, 0.3) is 0 Å². The van der Waals surface area contributed by atoms with Crippen molar-refractivity contribution in [2.45, 2.75) is 38.6 Å². The summed E-state index contributed by atoms with van der Waals surface area (Å²) in [5, 5.41) is 3.08. The minimum absolute atomic E-state index is 0.264. The normalized spacial score (nSPS) is 13.3. The van der Waals surface area contributed by atoms with Crippen LogP contribution in [0.4, 0.5) is 0 Å². The smallest absolute Gasteiger partial charge is 0.322 e. The van der Waals surface area contributed by atoms with Crippen molar-refractivity contribution in [3.8, 4) is 0 Å². The molecule has 108 valence electrons. The number of sulfonamides is 1. The van der Waals surface area contributed by atoms with Crippen LogP contribution in [0.2, 0.25) is 0 Å². The van der Waals surface area contributed by atoms with Crippen LogP contribution in [0.15, 0.2) is 0 Å². The van der Waals surface area contributed by atoms with E-state index in [-0.39, 0.29) is 12.0 Å². The van der Waals surface area contributed by atoms with E-state index in [0.717, 1.165) is 25.5 Å². The maximum absolute atomic E-state index is 11.4. The van der Waals surface area contributed by atoms with Gasteiger partial charge in [0.1, 0.15) is 6.04 Å². The van der Waals surface area contributed by atoms with Crippen molar-refractivity contribution < 1.29 is 17.9 Å². The molecule has 0 aromatic rings. The maximum atomic E-state index is 11.4. The molecular formula is C11H24N2O4S. The second kappa shape index (κ2) is 9.29. The van der Waals surface area contributed by atoms with Gasteiger partial charge in [-0.2, -0.15) is 0 Å². The molecule has 0 amide bonds. The highest BCUT2D eigenvalue weighted by Gasteiger charge is 2.17. The van der Waals surface area contributed by atoms with E-state index in [1.807, 2.05) is 0 Å². The summed E-state index contributed by atoms with van der Waals surface area (Å²) in [6, 6.07) is -0.298. The molecular weight excluding hydrogens is 256 g/mol. The molecule has 0 spiro atoms. The highest BCUT2D eigenvalue weighted by atomic mass is 32.2. The maximum Gasteiger partial charge on any atom is 0.322 e. The zero-order chi connectivity index (χ0) is 14.0. The molecule has 1 atom stereocenters. The first kappa shape index (κ1) is 17.3. The molecule has 0 fully saturated rings. The Morgan fingerprint density at radius 2 is 1.94 bits per heavy atom. The lowest BCUT2D eigenvalue weighted by atomic mass is 10.1. The highest BCUT2D eigenvalue weighted by molar-refractivity contribution is 7.88. The minimum Gasteiger partial charge on any atom is -0.468 e. The lowest BCUT2D eigenvalue weighted by molar-refractivity contribution is -0.143. The monoisotopic (exact) mass is 280 g/mol. The van der Waals surface area contributed by atoms with Crippen molar-refractivity contribution in [2.75, 3.05) is 26.5 Å². The van der Waals surface area contributed by atoms with Crippen LogP contribution in [0, 0.1) is 0 Å². The number of carbonyl (C=O) groups is 1. The van der Waals surface area contributed by atoms with Crippen molar-refractivity contribution in [3.05, 3.63) is 0 Å². The van der Waals surface area contributed by atoms with E-state index in [0.29, 0.717) is 19.5 Å². The van der Waals surface area contributed by atoms with Crippen molar-refractivity contribution in [1.29, 1.82) is 0 Å². The average Bonchev–Trinajstić information content (AvgIpc) is 2.30. The van der Waals surface area contributed by atoms with Crippen molar-refractivity contribution in [3.63, 3.8) is 0 Å². The Hall–Kier alpha value is -0.660. The van der Waals surface area contributed by atoms with E-state index in [2.05, 4.69) is 17.0 Å². The molecule has 1 unspecified atom stereocenters. The van der Waals surface area contributed by atoms with Crippen molar-refractivity contribution >= 4 is 16.0 Å². The second-order valence-corrected chi connectivity index (χ2v) is 6.03. The zero-order valence-electron chi connectivity index (χ0n) is 11.4. The van der Waals surface area contributed by atoms with Gasteiger partial charge in [-0.05, 0) is 19.4 Å². The fourth-order valence-electron chi connectivity index (χ4n) is 1.48. The van der Waals surface area contributed by atoms with E-state index in [4.69, 9.17) is 4.74 Å². The first-order valence-corrected chi connectivity index (χ1v) is 8.05. The van der Waals surface area contributed by atoms with Crippen LogP contribution in [-0.4, -0.2) is 46.9 Å². The van der Waals surface area contributed by atoms with Gasteiger partial charge in [-0.15, -0.1) is 0 Å². The molecule has 0 radical (unpaired) electrons. The fourth-order valence-corrected chi connectivity index (χ4v) is 1.99. The van der Waals surface area contributed by atoms with Gasteiger partial charge in [-0.3, -0.25) is 4.79 Å². The fraction of sp³-hybridized carbons (Fsp3) is 0.909. The number of carbonyl (C=O) groups excluding carboxylic acids is 1. The third kappa shape index (κ3) is 9.38. The molecule has 0 saturated heterocycles. The lowest BCUT2D eigenvalue weighted by Gasteiger charge is -2.15. The zero-order valence-corrected chi connectivity index (χ0v) is 12.2. The molecule has 2 N–H and O–H groups in total. The summed E-state index contributed by atoms with van der Waals surface area (Å²) >= 11 is 0. The second-order valence-electron chi connectivity index (χ2n) is 4.19. The third-order valence-corrected chi connectivity index (χ3v) is 3.17. The van der Waals surface area contributed by atoms with Gasteiger partial charge in [-0.25, -0.2) is 13.1 Å². The van der Waals surface area contributed by atoms with Gasteiger partial charge in [0.15, 0.2) is 0 Å². The molecule has 0 aliphatic rings. The average molecular weight is 280 g/mol. The molecule has 18 heavy (non-hydrogen) atoms. The standard InChI is InChI=1S/C11H24N2O4S/c1-4-5-7-10(11(14)17-2)12-8-6-9-13-18(3,15)16/h10,12-13H,4-9H2,1-3H3. The SMILES string of the molecule is CCCCC(NCCCNS(C)(=O)=O)C(=O)OC. The van der Waals surface area contributed by atoms with Crippen molar-refractivity contribution in [1.82, 2.24) is 10.0 Å². The molecule has 0 aromatic carbocycles. The van der Waals surface area contributed by atoms with E-state index in [1.165, 1.54) is 7.11 Å². The summed E-state index contributed by atoms with van der Waals surface area (Å²) < 4.78 is 28.7.